The van der Waals surface area contributed by atoms with Crippen LogP contribution in [0.25, 0.3) is 22.6 Å². The first-order valence-electron chi connectivity index (χ1n) is 13.3. The minimum atomic E-state index is -3.49. The number of aromatic amines is 2. The highest BCUT2D eigenvalue weighted by Gasteiger charge is 2.27. The molecule has 6 rings (SSSR count). The Hall–Kier alpha value is -4.13. The maximum atomic E-state index is 12.2. The molecular weight excluding hydrogens is 532 g/mol. The Balaban J connectivity index is 0.000000164. The molecule has 12 nitrogen and oxygen atoms in total. The second kappa shape index (κ2) is 10.8. The molecule has 0 spiro atoms. The molecule has 1 saturated carbocycles. The van der Waals surface area contributed by atoms with E-state index in [1.165, 1.54) is 17.4 Å². The first kappa shape index (κ1) is 27.4. The van der Waals surface area contributed by atoms with Crippen LogP contribution in [-0.4, -0.2) is 53.7 Å². The van der Waals surface area contributed by atoms with Crippen molar-refractivity contribution in [2.24, 2.45) is 0 Å². The van der Waals surface area contributed by atoms with Crippen molar-refractivity contribution in [2.75, 3.05) is 6.26 Å². The van der Waals surface area contributed by atoms with E-state index in [0.29, 0.717) is 11.6 Å². The van der Waals surface area contributed by atoms with Gasteiger partial charge < -0.3 is 0 Å². The van der Waals surface area contributed by atoms with Gasteiger partial charge >= 0.3 is 11.4 Å². The zero-order valence-electron chi connectivity index (χ0n) is 22.8. The van der Waals surface area contributed by atoms with Crippen LogP contribution in [-0.2, 0) is 9.84 Å². The van der Waals surface area contributed by atoms with E-state index < -0.39 is 9.84 Å². The molecule has 1 aliphatic rings. The van der Waals surface area contributed by atoms with Gasteiger partial charge in [-0.2, -0.15) is 0 Å². The van der Waals surface area contributed by atoms with E-state index in [1.807, 2.05) is 37.3 Å². The standard InChI is InChI=1S/C14H14N4O3S.C13H18N4O/c1-9(10-6-4-3-5-7-10)18-13-12(17-14(18)19)15-8-11(16-13)22(2,20)21;1-3-9(4-2)17-12-11(16-13(17)18)14-7-10(15-12)8-5-6-8/h3-9H,1-2H3,(H,15,17,19);7-9H,3-6H2,1-2H3,(H,14,16,18)/t9-;/m0./s1. The van der Waals surface area contributed by atoms with E-state index in [0.717, 1.165) is 42.2 Å². The van der Waals surface area contributed by atoms with Gasteiger partial charge in [-0.3, -0.25) is 19.1 Å². The molecule has 0 unspecified atom stereocenters. The number of fused-ring (bicyclic) bond motifs is 2. The number of sulfone groups is 1. The molecule has 2 N–H and O–H groups in total. The largest absolute Gasteiger partial charge is 0.329 e. The van der Waals surface area contributed by atoms with Gasteiger partial charge in [0.1, 0.15) is 0 Å². The van der Waals surface area contributed by atoms with Gasteiger partial charge in [-0.05, 0) is 38.2 Å². The van der Waals surface area contributed by atoms with Crippen LogP contribution in [0.4, 0.5) is 0 Å². The van der Waals surface area contributed by atoms with Gasteiger partial charge in [0.25, 0.3) is 0 Å². The van der Waals surface area contributed by atoms with Gasteiger partial charge in [-0.25, -0.2) is 37.9 Å². The third-order valence-electron chi connectivity index (χ3n) is 7.20. The monoisotopic (exact) mass is 564 g/mol. The highest BCUT2D eigenvalue weighted by atomic mass is 32.2. The normalized spacial score (nSPS) is 14.4. The lowest BCUT2D eigenvalue weighted by Crippen LogP contribution is -2.21. The van der Waals surface area contributed by atoms with Crippen molar-refractivity contribution in [3.63, 3.8) is 0 Å². The molecule has 1 aromatic carbocycles. The summed E-state index contributed by atoms with van der Waals surface area (Å²) in [6.45, 7) is 6.04. The topological polar surface area (TPSA) is 161 Å². The number of H-pyrrole nitrogens is 2. The fourth-order valence-corrected chi connectivity index (χ4v) is 5.27. The average molecular weight is 565 g/mol. The van der Waals surface area contributed by atoms with Gasteiger partial charge in [0, 0.05) is 18.2 Å². The van der Waals surface area contributed by atoms with Crippen LogP contribution in [0.1, 0.15) is 75.7 Å². The Morgan fingerprint density at radius 2 is 1.48 bits per heavy atom. The van der Waals surface area contributed by atoms with Crippen LogP contribution >= 0.6 is 0 Å². The van der Waals surface area contributed by atoms with Crippen LogP contribution in [0.5, 0.6) is 0 Å². The molecule has 1 aliphatic carbocycles. The number of nitrogens with zero attached hydrogens (tertiary/aromatic N) is 6. The Bertz CT molecular complexity index is 1880. The lowest BCUT2D eigenvalue weighted by molar-refractivity contribution is 0.468. The van der Waals surface area contributed by atoms with Crippen LogP contribution in [0.15, 0.2) is 57.3 Å². The van der Waals surface area contributed by atoms with Crippen molar-refractivity contribution in [1.29, 1.82) is 0 Å². The van der Waals surface area contributed by atoms with Crippen molar-refractivity contribution < 1.29 is 8.42 Å². The summed E-state index contributed by atoms with van der Waals surface area (Å²) in [6, 6.07) is 9.32. The third kappa shape index (κ3) is 5.33. The molecule has 0 radical (unpaired) electrons. The quantitative estimate of drug-likeness (QED) is 0.304. The average Bonchev–Trinajstić information content (AvgIpc) is 3.66. The number of hydrogen-bond donors (Lipinski definition) is 2. The number of imidazole rings is 2. The molecule has 0 bridgehead atoms. The highest BCUT2D eigenvalue weighted by Crippen LogP contribution is 2.39. The lowest BCUT2D eigenvalue weighted by Gasteiger charge is -2.13. The number of rotatable bonds is 7. The molecule has 0 amide bonds. The van der Waals surface area contributed by atoms with Crippen LogP contribution < -0.4 is 11.4 Å². The van der Waals surface area contributed by atoms with Crippen molar-refractivity contribution in [3.05, 3.63) is 75.0 Å². The molecule has 210 valence electrons. The summed E-state index contributed by atoms with van der Waals surface area (Å²) in [6.07, 6.45) is 8.24. The van der Waals surface area contributed by atoms with Gasteiger partial charge in [0.15, 0.2) is 37.5 Å². The summed E-state index contributed by atoms with van der Waals surface area (Å²) < 4.78 is 26.4. The minimum Gasteiger partial charge on any atom is -0.289 e. The molecular formula is C27H32N8O4S. The van der Waals surface area contributed by atoms with Gasteiger partial charge in [-0.15, -0.1) is 0 Å². The minimum absolute atomic E-state index is 0.0911. The second-order valence-corrected chi connectivity index (χ2v) is 12.0. The summed E-state index contributed by atoms with van der Waals surface area (Å²) in [5.41, 5.74) is 3.29. The fourth-order valence-electron chi connectivity index (χ4n) is 4.77. The maximum absolute atomic E-state index is 12.2. The molecule has 13 heteroatoms. The summed E-state index contributed by atoms with van der Waals surface area (Å²) >= 11 is 0. The third-order valence-corrected chi connectivity index (χ3v) is 8.16. The van der Waals surface area contributed by atoms with E-state index in [-0.39, 0.29) is 39.8 Å². The predicted molar refractivity (Wildman–Crippen MR) is 151 cm³/mol. The first-order valence-corrected chi connectivity index (χ1v) is 15.2. The van der Waals surface area contributed by atoms with E-state index in [9.17, 15) is 18.0 Å². The Labute approximate surface area is 230 Å². The number of benzene rings is 1. The maximum Gasteiger partial charge on any atom is 0.329 e. The van der Waals surface area contributed by atoms with E-state index in [1.54, 1.807) is 10.8 Å². The molecule has 1 atom stereocenters. The van der Waals surface area contributed by atoms with Crippen molar-refractivity contribution >= 4 is 32.4 Å². The Morgan fingerprint density at radius 3 is 2.05 bits per heavy atom. The van der Waals surface area contributed by atoms with Crippen molar-refractivity contribution in [3.8, 4) is 0 Å². The molecule has 4 heterocycles. The zero-order valence-corrected chi connectivity index (χ0v) is 23.6. The van der Waals surface area contributed by atoms with Crippen LogP contribution in [0.3, 0.4) is 0 Å². The van der Waals surface area contributed by atoms with E-state index in [2.05, 4.69) is 43.8 Å². The molecule has 0 saturated heterocycles. The predicted octanol–water partition coefficient (Wildman–Crippen LogP) is 3.49. The number of nitrogens with one attached hydrogen (secondary N) is 2. The van der Waals surface area contributed by atoms with E-state index in [4.69, 9.17) is 0 Å². The molecule has 1 fully saturated rings. The Kier molecular flexibility index (Phi) is 7.41. The Morgan fingerprint density at radius 1 is 0.900 bits per heavy atom. The second-order valence-electron chi connectivity index (χ2n) is 10.1. The first-order chi connectivity index (χ1) is 19.1. The highest BCUT2D eigenvalue weighted by molar-refractivity contribution is 7.90. The SMILES string of the molecule is CCC(CC)n1c(=O)[nH]c2ncc(C3CC3)nc21.C[C@@H](c1ccccc1)n1c(=O)[nH]c2ncc(S(C)(=O)=O)nc21. The van der Waals surface area contributed by atoms with Gasteiger partial charge in [0.05, 0.1) is 24.1 Å². The van der Waals surface area contributed by atoms with Crippen molar-refractivity contribution in [1.82, 2.24) is 39.0 Å². The molecule has 0 aliphatic heterocycles. The molecule has 40 heavy (non-hydrogen) atoms. The molecule has 5 aromatic rings. The van der Waals surface area contributed by atoms with Crippen LogP contribution in [0, 0.1) is 0 Å². The fraction of sp³-hybridized carbons (Fsp3) is 0.407. The lowest BCUT2D eigenvalue weighted by atomic mass is 10.1. The summed E-state index contributed by atoms with van der Waals surface area (Å²) in [4.78, 5) is 46.7. The number of hydrogen-bond acceptors (Lipinski definition) is 8. The van der Waals surface area contributed by atoms with E-state index >= 15 is 0 Å². The number of aromatic nitrogens is 8. The van der Waals surface area contributed by atoms with Gasteiger partial charge in [0.2, 0.25) is 0 Å². The smallest absolute Gasteiger partial charge is 0.289 e. The van der Waals surface area contributed by atoms with Crippen LogP contribution in [0.2, 0.25) is 0 Å². The molecule has 4 aromatic heterocycles. The van der Waals surface area contributed by atoms with Gasteiger partial charge in [-0.1, -0.05) is 44.2 Å². The zero-order chi connectivity index (χ0) is 28.6. The summed E-state index contributed by atoms with van der Waals surface area (Å²) in [7, 11) is -3.49. The van der Waals surface area contributed by atoms with Crippen molar-refractivity contribution in [2.45, 2.75) is 69.5 Å². The summed E-state index contributed by atoms with van der Waals surface area (Å²) in [5.74, 6) is 0.557. The summed E-state index contributed by atoms with van der Waals surface area (Å²) in [5, 5.41) is -0.159.